The van der Waals surface area contributed by atoms with Crippen LogP contribution in [0, 0.1) is 0 Å². The van der Waals surface area contributed by atoms with Crippen LogP contribution in [-0.2, 0) is 14.3 Å². The largest absolute Gasteiger partial charge is 0.296 e. The van der Waals surface area contributed by atoms with Crippen molar-refractivity contribution in [1.82, 2.24) is 9.80 Å². The van der Waals surface area contributed by atoms with Crippen LogP contribution in [0.5, 0.6) is 0 Å². The molecule has 0 radical (unpaired) electrons. The Kier molecular flexibility index (Phi) is 2.79. The minimum atomic E-state index is -3.39. The van der Waals surface area contributed by atoms with Crippen LogP contribution in [0.1, 0.15) is 13.3 Å². The van der Waals surface area contributed by atoms with Crippen molar-refractivity contribution in [1.29, 1.82) is 0 Å². The molecule has 0 aromatic carbocycles. The van der Waals surface area contributed by atoms with E-state index in [1.165, 1.54) is 0 Å². The Bertz CT molecular complexity index is 335. The number of fused-ring (bicyclic) bond motifs is 3. The maximum absolute atomic E-state index is 11.3. The molecule has 0 N–H and O–H groups in total. The molecule has 6 heteroatoms. The van der Waals surface area contributed by atoms with E-state index in [0.29, 0.717) is 13.0 Å². The van der Waals surface area contributed by atoms with E-state index in [0.717, 1.165) is 32.4 Å². The second-order valence-corrected chi connectivity index (χ2v) is 5.93. The lowest BCUT2D eigenvalue weighted by Crippen LogP contribution is -2.69. The molecule has 0 aromatic heterocycles. The lowest BCUT2D eigenvalue weighted by Gasteiger charge is -2.54. The molecule has 1 unspecified atom stereocenters. The molecule has 3 rings (SSSR count). The highest BCUT2D eigenvalue weighted by molar-refractivity contribution is 7.86. The van der Waals surface area contributed by atoms with Crippen molar-refractivity contribution >= 4 is 10.1 Å². The summed E-state index contributed by atoms with van der Waals surface area (Å²) in [5.74, 6) is 0. The first kappa shape index (κ1) is 11.3. The smallest absolute Gasteiger partial charge is 0.266 e. The predicted octanol–water partition coefficient (Wildman–Crippen LogP) is -0.300. The van der Waals surface area contributed by atoms with Crippen LogP contribution in [0.3, 0.4) is 0 Å². The number of rotatable bonds is 3. The molecule has 3 saturated heterocycles. The van der Waals surface area contributed by atoms with Gasteiger partial charge in [0.1, 0.15) is 0 Å². The van der Waals surface area contributed by atoms with Gasteiger partial charge in [-0.1, -0.05) is 6.92 Å². The van der Waals surface area contributed by atoms with Crippen LogP contribution >= 0.6 is 0 Å². The van der Waals surface area contributed by atoms with Gasteiger partial charge in [-0.15, -0.1) is 0 Å². The Balaban J connectivity index is 2.22. The summed E-state index contributed by atoms with van der Waals surface area (Å²) in [7, 11) is -3.39. The van der Waals surface area contributed by atoms with Gasteiger partial charge in [-0.2, -0.15) is 8.42 Å². The fraction of sp³-hybridized carbons (Fsp3) is 1.00. The number of hydrogen-bond donors (Lipinski definition) is 0. The van der Waals surface area contributed by atoms with Gasteiger partial charge in [0.15, 0.2) is 5.72 Å². The molecule has 0 saturated carbocycles. The standard InChI is InChI=1S/C9H18N2O3S/c1-3-9(14-15(2,12)13)8-10-4-6-11(9)7-5-10/h3-8H2,1-2H3. The molecule has 2 bridgehead atoms. The van der Waals surface area contributed by atoms with Crippen molar-refractivity contribution in [2.24, 2.45) is 0 Å². The van der Waals surface area contributed by atoms with E-state index in [-0.39, 0.29) is 0 Å². The molecule has 0 aliphatic carbocycles. The van der Waals surface area contributed by atoms with E-state index in [4.69, 9.17) is 4.18 Å². The van der Waals surface area contributed by atoms with Crippen molar-refractivity contribution in [2.75, 3.05) is 39.0 Å². The maximum atomic E-state index is 11.3. The van der Waals surface area contributed by atoms with Crippen molar-refractivity contribution < 1.29 is 12.6 Å². The number of piperazine rings is 3. The van der Waals surface area contributed by atoms with Crippen LogP contribution < -0.4 is 0 Å². The molecule has 0 spiro atoms. The Morgan fingerprint density at radius 1 is 1.27 bits per heavy atom. The Morgan fingerprint density at radius 3 is 2.20 bits per heavy atom. The summed E-state index contributed by atoms with van der Waals surface area (Å²) >= 11 is 0. The second-order valence-electron chi connectivity index (χ2n) is 4.35. The van der Waals surface area contributed by atoms with Crippen LogP contribution in [0.25, 0.3) is 0 Å². The molecule has 88 valence electrons. The average molecular weight is 234 g/mol. The summed E-state index contributed by atoms with van der Waals surface area (Å²) in [4.78, 5) is 4.43. The van der Waals surface area contributed by atoms with Gasteiger partial charge in [0.05, 0.1) is 6.26 Å². The van der Waals surface area contributed by atoms with Crippen molar-refractivity contribution in [3.05, 3.63) is 0 Å². The quantitative estimate of drug-likeness (QED) is 0.628. The molecule has 0 aromatic rings. The highest BCUT2D eigenvalue weighted by atomic mass is 32.2. The van der Waals surface area contributed by atoms with E-state index in [1.54, 1.807) is 0 Å². The minimum absolute atomic E-state index is 0.607. The first-order valence-electron chi connectivity index (χ1n) is 5.33. The summed E-state index contributed by atoms with van der Waals surface area (Å²) in [5.41, 5.74) is -0.607. The van der Waals surface area contributed by atoms with Crippen LogP contribution in [-0.4, -0.2) is 62.9 Å². The molecule has 1 atom stereocenters. The minimum Gasteiger partial charge on any atom is -0.296 e. The highest BCUT2D eigenvalue weighted by Gasteiger charge is 2.46. The Morgan fingerprint density at radius 2 is 1.87 bits per heavy atom. The SMILES string of the molecule is CCC1(OS(C)(=O)=O)CN2CCN1CC2. The summed E-state index contributed by atoms with van der Waals surface area (Å²) in [6.45, 7) is 6.54. The molecule has 3 aliphatic rings. The maximum Gasteiger partial charge on any atom is 0.266 e. The Labute approximate surface area is 91.1 Å². The van der Waals surface area contributed by atoms with Gasteiger partial charge in [-0.05, 0) is 6.42 Å². The summed E-state index contributed by atoms with van der Waals surface area (Å²) in [5, 5.41) is 0. The monoisotopic (exact) mass is 234 g/mol. The molecule has 3 aliphatic heterocycles. The van der Waals surface area contributed by atoms with E-state index >= 15 is 0 Å². The van der Waals surface area contributed by atoms with Gasteiger partial charge in [0.2, 0.25) is 0 Å². The first-order valence-corrected chi connectivity index (χ1v) is 7.15. The van der Waals surface area contributed by atoms with Gasteiger partial charge in [-0.25, -0.2) is 4.18 Å². The van der Waals surface area contributed by atoms with E-state index < -0.39 is 15.8 Å². The third-order valence-corrected chi connectivity index (χ3v) is 3.89. The van der Waals surface area contributed by atoms with E-state index in [1.807, 2.05) is 6.92 Å². The molecule has 15 heavy (non-hydrogen) atoms. The number of nitrogens with zero attached hydrogens (tertiary/aromatic N) is 2. The molecule has 3 heterocycles. The van der Waals surface area contributed by atoms with Gasteiger partial charge < -0.3 is 0 Å². The summed E-state index contributed by atoms with van der Waals surface area (Å²) in [6, 6.07) is 0. The zero-order chi connectivity index (χ0) is 11.1. The zero-order valence-corrected chi connectivity index (χ0v) is 10.1. The fourth-order valence-corrected chi connectivity index (χ4v) is 3.36. The zero-order valence-electron chi connectivity index (χ0n) is 9.27. The second kappa shape index (κ2) is 3.69. The first-order chi connectivity index (χ1) is 6.95. The summed E-state index contributed by atoms with van der Waals surface area (Å²) in [6.07, 6.45) is 1.83. The van der Waals surface area contributed by atoms with Crippen molar-refractivity contribution in [3.8, 4) is 0 Å². The van der Waals surface area contributed by atoms with Gasteiger partial charge in [0, 0.05) is 32.7 Å². The lowest BCUT2D eigenvalue weighted by molar-refractivity contribution is -0.163. The fourth-order valence-electron chi connectivity index (χ4n) is 2.52. The Hall–Kier alpha value is -0.170. The number of hydrogen-bond acceptors (Lipinski definition) is 5. The van der Waals surface area contributed by atoms with Crippen molar-refractivity contribution in [3.63, 3.8) is 0 Å². The normalized spacial score (nSPS) is 40.7. The third kappa shape index (κ3) is 2.18. The average Bonchev–Trinajstić information content (AvgIpc) is 2.17. The molecule has 3 fully saturated rings. The highest BCUT2D eigenvalue weighted by Crippen LogP contribution is 2.31. The van der Waals surface area contributed by atoms with Crippen LogP contribution in [0.2, 0.25) is 0 Å². The lowest BCUT2D eigenvalue weighted by atomic mass is 10.0. The summed E-state index contributed by atoms with van der Waals surface area (Å²) < 4.78 is 27.9. The van der Waals surface area contributed by atoms with Gasteiger partial charge >= 0.3 is 0 Å². The molecular formula is C9H18N2O3S. The molecule has 5 nitrogen and oxygen atoms in total. The van der Waals surface area contributed by atoms with Crippen molar-refractivity contribution in [2.45, 2.75) is 19.1 Å². The van der Waals surface area contributed by atoms with Crippen LogP contribution in [0.15, 0.2) is 0 Å². The van der Waals surface area contributed by atoms with Gasteiger partial charge in [-0.3, -0.25) is 9.80 Å². The topological polar surface area (TPSA) is 49.9 Å². The molecular weight excluding hydrogens is 216 g/mol. The van der Waals surface area contributed by atoms with E-state index in [2.05, 4.69) is 9.80 Å². The van der Waals surface area contributed by atoms with E-state index in [9.17, 15) is 8.42 Å². The molecule has 0 amide bonds. The van der Waals surface area contributed by atoms with Crippen LogP contribution in [0.4, 0.5) is 0 Å². The predicted molar refractivity (Wildman–Crippen MR) is 57.0 cm³/mol. The third-order valence-electron chi connectivity index (χ3n) is 3.28. The van der Waals surface area contributed by atoms with Gasteiger partial charge in [0.25, 0.3) is 10.1 Å².